The molecule has 1 heterocycles. The average Bonchev–Trinajstić information content (AvgIpc) is 3.33. The van der Waals surface area contributed by atoms with Crippen LogP contribution >= 0.6 is 0 Å². The van der Waals surface area contributed by atoms with E-state index in [-0.39, 0.29) is 5.92 Å². The largest absolute Gasteiger partial charge is 0.458 e. The minimum atomic E-state index is -3.26. The number of halogens is 2. The van der Waals surface area contributed by atoms with E-state index < -0.39 is 59.9 Å². The SMILES string of the molecule is CCC1(OC(=O)C2C3CC4C(OC(=O)C42)C3OC(=O)C(F)F)C2CC3CC(C2)CC1C3. The molecule has 6 saturated carbocycles. The molecule has 6 aliphatic carbocycles. The molecule has 0 aromatic carbocycles. The Bertz CT molecular complexity index is 799. The zero-order chi connectivity index (χ0) is 21.7. The molecule has 170 valence electrons. The highest BCUT2D eigenvalue weighted by Crippen LogP contribution is 2.63. The number of hydrogen-bond acceptors (Lipinski definition) is 6. The summed E-state index contributed by atoms with van der Waals surface area (Å²) in [5, 5.41) is 0. The van der Waals surface area contributed by atoms with Gasteiger partial charge in [-0.1, -0.05) is 6.92 Å². The Morgan fingerprint density at radius 3 is 2.29 bits per heavy atom. The third-order valence-electron chi connectivity index (χ3n) is 9.61. The fourth-order valence-corrected chi connectivity index (χ4v) is 8.71. The number of carbonyl (C=O) groups excluding carboxylic acids is 3. The maximum Gasteiger partial charge on any atom is 0.374 e. The first kappa shape index (κ1) is 19.9. The molecule has 1 saturated heterocycles. The topological polar surface area (TPSA) is 78.9 Å². The van der Waals surface area contributed by atoms with Gasteiger partial charge < -0.3 is 14.2 Å². The van der Waals surface area contributed by atoms with Crippen LogP contribution < -0.4 is 0 Å². The van der Waals surface area contributed by atoms with Crippen molar-refractivity contribution in [1.82, 2.24) is 0 Å². The van der Waals surface area contributed by atoms with E-state index in [1.165, 1.54) is 6.42 Å². The second kappa shape index (κ2) is 6.64. The van der Waals surface area contributed by atoms with Crippen molar-refractivity contribution in [3.8, 4) is 0 Å². The first-order valence-corrected chi connectivity index (χ1v) is 11.7. The second-order valence-corrected chi connectivity index (χ2v) is 10.8. The van der Waals surface area contributed by atoms with Crippen LogP contribution in [0, 0.1) is 47.3 Å². The molecule has 6 atom stereocenters. The molecule has 7 rings (SSSR count). The molecule has 31 heavy (non-hydrogen) atoms. The average molecular weight is 438 g/mol. The third-order valence-corrected chi connectivity index (χ3v) is 9.61. The smallest absolute Gasteiger partial charge is 0.374 e. The van der Waals surface area contributed by atoms with Gasteiger partial charge in [-0.05, 0) is 68.6 Å². The Kier molecular flexibility index (Phi) is 4.27. The normalized spacial score (nSPS) is 50.8. The molecule has 6 bridgehead atoms. The molecule has 7 aliphatic rings. The first-order chi connectivity index (χ1) is 14.8. The summed E-state index contributed by atoms with van der Waals surface area (Å²) >= 11 is 0. The maximum absolute atomic E-state index is 13.6. The van der Waals surface area contributed by atoms with Crippen LogP contribution in [0.5, 0.6) is 0 Å². The summed E-state index contributed by atoms with van der Waals surface area (Å²) < 4.78 is 42.4. The predicted molar refractivity (Wildman–Crippen MR) is 101 cm³/mol. The lowest BCUT2D eigenvalue weighted by atomic mass is 9.49. The Morgan fingerprint density at radius 1 is 1.06 bits per heavy atom. The molecule has 6 unspecified atom stereocenters. The van der Waals surface area contributed by atoms with Gasteiger partial charge >= 0.3 is 24.3 Å². The zero-order valence-electron chi connectivity index (χ0n) is 17.5. The van der Waals surface area contributed by atoms with Crippen LogP contribution in [0.25, 0.3) is 0 Å². The van der Waals surface area contributed by atoms with Crippen LogP contribution in [-0.4, -0.2) is 42.1 Å². The molecule has 7 fully saturated rings. The number of rotatable bonds is 5. The fourth-order valence-electron chi connectivity index (χ4n) is 8.71. The monoisotopic (exact) mass is 438 g/mol. The van der Waals surface area contributed by atoms with Crippen molar-refractivity contribution >= 4 is 17.9 Å². The molecule has 0 aromatic rings. The van der Waals surface area contributed by atoms with Crippen molar-refractivity contribution in [2.45, 2.75) is 76.1 Å². The van der Waals surface area contributed by atoms with E-state index in [9.17, 15) is 23.2 Å². The summed E-state index contributed by atoms with van der Waals surface area (Å²) in [6.45, 7) is 2.07. The van der Waals surface area contributed by atoms with Gasteiger partial charge in [-0.3, -0.25) is 9.59 Å². The summed E-state index contributed by atoms with van der Waals surface area (Å²) in [6.07, 6.45) is 1.88. The van der Waals surface area contributed by atoms with Gasteiger partial charge in [0.05, 0.1) is 11.8 Å². The number of esters is 3. The molecule has 1 aliphatic heterocycles. The highest BCUT2D eigenvalue weighted by Gasteiger charge is 2.71. The van der Waals surface area contributed by atoms with Gasteiger partial charge in [-0.15, -0.1) is 0 Å². The highest BCUT2D eigenvalue weighted by molar-refractivity contribution is 5.86. The molecule has 0 aromatic heterocycles. The lowest BCUT2D eigenvalue weighted by Gasteiger charge is -2.60. The Hall–Kier alpha value is -1.73. The van der Waals surface area contributed by atoms with Gasteiger partial charge in [0.1, 0.15) is 17.8 Å². The minimum absolute atomic E-state index is 0.276. The summed E-state index contributed by atoms with van der Waals surface area (Å²) in [5.74, 6) is -2.57. The fraction of sp³-hybridized carbons (Fsp3) is 0.870. The molecule has 0 N–H and O–H groups in total. The number of carbonyl (C=O) groups is 3. The number of ether oxygens (including phenoxy) is 3. The van der Waals surface area contributed by atoms with Crippen LogP contribution in [-0.2, 0) is 28.6 Å². The van der Waals surface area contributed by atoms with E-state index in [4.69, 9.17) is 14.2 Å². The third kappa shape index (κ3) is 2.62. The van der Waals surface area contributed by atoms with Gasteiger partial charge in [0.25, 0.3) is 0 Å². The van der Waals surface area contributed by atoms with E-state index >= 15 is 0 Å². The molecular weight excluding hydrogens is 410 g/mol. The van der Waals surface area contributed by atoms with Gasteiger partial charge in [0.15, 0.2) is 0 Å². The number of hydrogen-bond donors (Lipinski definition) is 0. The molecule has 0 amide bonds. The van der Waals surface area contributed by atoms with E-state index in [1.54, 1.807) is 0 Å². The van der Waals surface area contributed by atoms with E-state index in [2.05, 4.69) is 6.92 Å². The number of fused-ring (bicyclic) bond motifs is 1. The Labute approximate surface area is 179 Å². The van der Waals surface area contributed by atoms with Crippen LogP contribution in [0.15, 0.2) is 0 Å². The van der Waals surface area contributed by atoms with Crippen molar-refractivity contribution in [2.24, 2.45) is 47.3 Å². The lowest BCUT2D eigenvalue weighted by molar-refractivity contribution is -0.218. The van der Waals surface area contributed by atoms with Crippen LogP contribution in [0.3, 0.4) is 0 Å². The number of alkyl halides is 2. The van der Waals surface area contributed by atoms with Gasteiger partial charge in [0, 0.05) is 11.8 Å². The zero-order valence-corrected chi connectivity index (χ0v) is 17.5. The highest BCUT2D eigenvalue weighted by atomic mass is 19.3. The van der Waals surface area contributed by atoms with E-state index in [1.807, 2.05) is 0 Å². The molecule has 8 heteroatoms. The minimum Gasteiger partial charge on any atom is -0.458 e. The first-order valence-electron chi connectivity index (χ1n) is 11.7. The van der Waals surface area contributed by atoms with Crippen molar-refractivity contribution in [3.63, 3.8) is 0 Å². The summed E-state index contributed by atoms with van der Waals surface area (Å²) in [5.41, 5.74) is -0.497. The summed E-state index contributed by atoms with van der Waals surface area (Å²) in [4.78, 5) is 37.7. The van der Waals surface area contributed by atoms with E-state index in [0.717, 1.165) is 43.9 Å². The second-order valence-electron chi connectivity index (χ2n) is 10.8. The van der Waals surface area contributed by atoms with E-state index in [0.29, 0.717) is 18.3 Å². The Morgan fingerprint density at radius 2 is 1.71 bits per heavy atom. The van der Waals surface area contributed by atoms with Gasteiger partial charge in [-0.25, -0.2) is 4.79 Å². The van der Waals surface area contributed by atoms with Crippen LogP contribution in [0.1, 0.15) is 51.9 Å². The van der Waals surface area contributed by atoms with Crippen molar-refractivity contribution in [1.29, 1.82) is 0 Å². The molecular formula is C23H28F2O6. The Balaban J connectivity index is 1.26. The quantitative estimate of drug-likeness (QED) is 0.485. The predicted octanol–water partition coefficient (Wildman–Crippen LogP) is 3.12. The van der Waals surface area contributed by atoms with Gasteiger partial charge in [-0.2, -0.15) is 8.78 Å². The maximum atomic E-state index is 13.6. The van der Waals surface area contributed by atoms with Crippen molar-refractivity contribution in [2.75, 3.05) is 0 Å². The standard InChI is InChI=1S/C23H28F2O6/c1-2-23(11-4-9-3-10(6-11)7-12(23)5-9)31-21(27)16-14-8-13-15(16)20(26)29-17(13)18(14)30-22(28)19(24)25/h9-19H,2-8H2,1H3. The molecule has 6 nitrogen and oxygen atoms in total. The lowest BCUT2D eigenvalue weighted by Crippen LogP contribution is -2.60. The summed E-state index contributed by atoms with van der Waals surface area (Å²) in [7, 11) is 0. The molecule has 0 radical (unpaired) electrons. The van der Waals surface area contributed by atoms with Crippen LogP contribution in [0.4, 0.5) is 8.78 Å². The molecule has 0 spiro atoms. The summed E-state index contributed by atoms with van der Waals surface area (Å²) in [6, 6.07) is 0. The van der Waals surface area contributed by atoms with Crippen molar-refractivity contribution in [3.05, 3.63) is 0 Å². The van der Waals surface area contributed by atoms with Crippen LogP contribution in [0.2, 0.25) is 0 Å². The van der Waals surface area contributed by atoms with Gasteiger partial charge in [0.2, 0.25) is 0 Å². The van der Waals surface area contributed by atoms with Crippen molar-refractivity contribution < 1.29 is 37.4 Å².